The summed E-state index contributed by atoms with van der Waals surface area (Å²) < 4.78 is 32.4. The van der Waals surface area contributed by atoms with E-state index in [1.54, 1.807) is 17.0 Å². The van der Waals surface area contributed by atoms with Gasteiger partial charge in [-0.05, 0) is 42.5 Å². The van der Waals surface area contributed by atoms with Crippen LogP contribution in [0.25, 0.3) is 11.1 Å². The van der Waals surface area contributed by atoms with E-state index >= 15 is 0 Å². The number of benzene rings is 2. The first-order valence-corrected chi connectivity index (χ1v) is 16.6. The van der Waals surface area contributed by atoms with Crippen LogP contribution in [0.15, 0.2) is 59.5 Å². The lowest BCUT2D eigenvalue weighted by molar-refractivity contribution is -0.157. The summed E-state index contributed by atoms with van der Waals surface area (Å²) in [7, 11) is -4.42. The number of carbonyl (C=O) groups excluding carboxylic acids is 2. The van der Waals surface area contributed by atoms with E-state index in [-0.39, 0.29) is 36.3 Å². The molecule has 6 N–H and O–H groups in total. The van der Waals surface area contributed by atoms with Crippen LogP contribution in [0.1, 0.15) is 45.4 Å². The predicted octanol–water partition coefficient (Wildman–Crippen LogP) is 2.15. The molecule has 1 aliphatic heterocycles. The number of hydrogen-bond acceptors (Lipinski definition) is 7. The smallest absolute Gasteiger partial charge is 0.324 e. The second kappa shape index (κ2) is 14.8. The topological polar surface area (TPSA) is 195 Å². The highest BCUT2D eigenvalue weighted by atomic mass is 32.2. The number of hydrazine groups is 1. The summed E-state index contributed by atoms with van der Waals surface area (Å²) in [5.74, 6) is -3.26. The number of carbonyl (C=O) groups is 3. The van der Waals surface area contributed by atoms with Crippen molar-refractivity contribution in [1.29, 1.82) is 5.41 Å². The number of aliphatic carboxylic acids is 1. The maximum atomic E-state index is 14.2. The minimum absolute atomic E-state index is 0.0130. The van der Waals surface area contributed by atoms with Crippen molar-refractivity contribution in [3.05, 3.63) is 54.6 Å². The molecule has 14 heteroatoms. The van der Waals surface area contributed by atoms with Gasteiger partial charge in [0.1, 0.15) is 12.0 Å². The first-order chi connectivity index (χ1) is 21.4. The molecule has 0 aromatic heterocycles. The lowest BCUT2D eigenvalue weighted by Gasteiger charge is -2.38. The molecule has 4 rings (SSSR count). The van der Waals surface area contributed by atoms with E-state index in [1.807, 2.05) is 30.3 Å². The Balaban J connectivity index is 1.58. The van der Waals surface area contributed by atoms with Gasteiger partial charge in [0.05, 0.1) is 24.2 Å². The lowest BCUT2D eigenvalue weighted by atomic mass is 9.74. The zero-order chi connectivity index (χ0) is 32.6. The number of morpholine rings is 1. The molecule has 0 unspecified atom stereocenters. The van der Waals surface area contributed by atoms with Gasteiger partial charge < -0.3 is 25.8 Å². The summed E-state index contributed by atoms with van der Waals surface area (Å²) in [6.07, 6.45) is 4.62. The molecule has 244 valence electrons. The molecule has 1 saturated carbocycles. The van der Waals surface area contributed by atoms with Crippen LogP contribution in [0.3, 0.4) is 0 Å². The van der Waals surface area contributed by atoms with E-state index in [0.717, 1.165) is 43.2 Å². The lowest BCUT2D eigenvalue weighted by Crippen LogP contribution is -2.60. The molecule has 0 spiro atoms. The number of rotatable bonds is 12. The Labute approximate surface area is 263 Å². The molecule has 1 saturated heterocycles. The van der Waals surface area contributed by atoms with Crippen LogP contribution < -0.4 is 15.9 Å². The molecule has 2 amide bonds. The first kappa shape index (κ1) is 33.9. The number of sulfonamides is 1. The number of hydrogen-bond donors (Lipinski definition) is 5. The van der Waals surface area contributed by atoms with Crippen molar-refractivity contribution >= 4 is 33.8 Å². The molecule has 2 aromatic carbocycles. The highest BCUT2D eigenvalue weighted by Gasteiger charge is 2.47. The fraction of sp³-hybridized carbons (Fsp3) is 0.484. The molecule has 1 aliphatic carbocycles. The summed E-state index contributed by atoms with van der Waals surface area (Å²) in [5, 5.41) is 20.8. The SMILES string of the molecule is C[C@](CC1CCCCC1)(C(=O)NC[C@H]1COCCN1C(=N)N)C(=O)N(CC(=O)O)NS(=O)(=O)c1ccc(-c2ccccc2)cc1. The van der Waals surface area contributed by atoms with E-state index < -0.39 is 45.8 Å². The van der Waals surface area contributed by atoms with Crippen molar-refractivity contribution < 1.29 is 32.6 Å². The van der Waals surface area contributed by atoms with Crippen LogP contribution in [0.4, 0.5) is 0 Å². The molecular formula is C31H42N6O7S. The van der Waals surface area contributed by atoms with Crippen molar-refractivity contribution in [3.8, 4) is 11.1 Å². The number of carboxylic acid groups (broad SMARTS) is 1. The van der Waals surface area contributed by atoms with Crippen molar-refractivity contribution in [2.24, 2.45) is 17.1 Å². The largest absolute Gasteiger partial charge is 0.480 e. The molecule has 2 atom stereocenters. The Kier molecular flexibility index (Phi) is 11.2. The molecule has 2 aromatic rings. The van der Waals surface area contributed by atoms with Crippen LogP contribution in [0.5, 0.6) is 0 Å². The van der Waals surface area contributed by atoms with Crippen molar-refractivity contribution in [1.82, 2.24) is 20.1 Å². The minimum Gasteiger partial charge on any atom is -0.480 e. The van der Waals surface area contributed by atoms with Crippen molar-refractivity contribution in [2.75, 3.05) is 32.8 Å². The van der Waals surface area contributed by atoms with Gasteiger partial charge in [0.25, 0.3) is 15.9 Å². The van der Waals surface area contributed by atoms with Gasteiger partial charge in [-0.3, -0.25) is 24.8 Å². The fourth-order valence-corrected chi connectivity index (χ4v) is 7.06. The quantitative estimate of drug-likeness (QED) is 0.0998. The zero-order valence-corrected chi connectivity index (χ0v) is 26.2. The summed E-state index contributed by atoms with van der Waals surface area (Å²) in [6, 6.07) is 14.9. The van der Waals surface area contributed by atoms with Gasteiger partial charge in [0.15, 0.2) is 5.96 Å². The van der Waals surface area contributed by atoms with Crippen LogP contribution in [-0.4, -0.2) is 86.1 Å². The number of nitrogens with zero attached hydrogens (tertiary/aromatic N) is 2. The van der Waals surface area contributed by atoms with Crippen LogP contribution >= 0.6 is 0 Å². The second-order valence-corrected chi connectivity index (χ2v) is 13.5. The summed E-state index contributed by atoms with van der Waals surface area (Å²) in [6.45, 7) is 1.40. The maximum Gasteiger partial charge on any atom is 0.324 e. The number of nitrogens with two attached hydrogens (primary N) is 1. The average molecular weight is 643 g/mol. The number of amides is 2. The Hall–Kier alpha value is -4.01. The Morgan fingerprint density at radius 1 is 1.07 bits per heavy atom. The van der Waals surface area contributed by atoms with Crippen LogP contribution in [0, 0.1) is 16.7 Å². The molecule has 0 bridgehead atoms. The number of guanidine groups is 1. The summed E-state index contributed by atoms with van der Waals surface area (Å²) >= 11 is 0. The second-order valence-electron chi connectivity index (χ2n) is 11.8. The maximum absolute atomic E-state index is 14.2. The van der Waals surface area contributed by atoms with E-state index in [1.165, 1.54) is 19.1 Å². The van der Waals surface area contributed by atoms with Gasteiger partial charge in [-0.25, -0.2) is 8.42 Å². The average Bonchev–Trinajstić information content (AvgIpc) is 3.03. The number of nitrogens with one attached hydrogen (secondary N) is 3. The standard InChI is InChI=1S/C31H42N6O7S/c1-31(18-22-8-4-2-5-9-22,28(40)34-19-25-21-44-17-16-36(25)30(32)33)29(41)37(20-27(38)39)35-45(42,43)26-14-12-24(13-15-26)23-10-6-3-7-11-23/h3,6-7,10-15,22,25,35H,2,4-5,8-9,16-21H2,1H3,(H3,32,33)(H,34,40)(H,38,39)/t25-,31-/m0/s1. The third-order valence-corrected chi connectivity index (χ3v) is 9.82. The van der Waals surface area contributed by atoms with Gasteiger partial charge in [-0.2, -0.15) is 0 Å². The fourth-order valence-electron chi connectivity index (χ4n) is 6.03. The molecular weight excluding hydrogens is 600 g/mol. The Morgan fingerprint density at radius 3 is 2.33 bits per heavy atom. The molecule has 2 aliphatic rings. The van der Waals surface area contributed by atoms with Gasteiger partial charge in [-0.1, -0.05) is 74.6 Å². The predicted molar refractivity (Wildman–Crippen MR) is 167 cm³/mol. The van der Waals surface area contributed by atoms with Gasteiger partial charge >= 0.3 is 5.97 Å². The minimum atomic E-state index is -4.42. The monoisotopic (exact) mass is 642 g/mol. The molecule has 0 radical (unpaired) electrons. The van der Waals surface area contributed by atoms with Crippen LogP contribution in [0.2, 0.25) is 0 Å². The van der Waals surface area contributed by atoms with E-state index in [0.29, 0.717) is 18.2 Å². The third kappa shape index (κ3) is 8.59. The summed E-state index contributed by atoms with van der Waals surface area (Å²) in [4.78, 5) is 43.5. The normalized spacial score (nSPS) is 18.9. The molecule has 1 heterocycles. The van der Waals surface area contributed by atoms with E-state index in [2.05, 4.69) is 10.1 Å². The van der Waals surface area contributed by atoms with Gasteiger partial charge in [-0.15, -0.1) is 4.83 Å². The van der Waals surface area contributed by atoms with Gasteiger partial charge in [0.2, 0.25) is 5.91 Å². The Bertz CT molecular complexity index is 1470. The Morgan fingerprint density at radius 2 is 1.71 bits per heavy atom. The van der Waals surface area contributed by atoms with E-state index in [4.69, 9.17) is 15.9 Å². The van der Waals surface area contributed by atoms with Gasteiger partial charge in [0, 0.05) is 13.1 Å². The first-order valence-electron chi connectivity index (χ1n) is 15.1. The third-order valence-electron chi connectivity index (χ3n) is 8.47. The number of ether oxygens (including phenoxy) is 1. The van der Waals surface area contributed by atoms with Crippen LogP contribution in [-0.2, 0) is 29.1 Å². The van der Waals surface area contributed by atoms with Crippen molar-refractivity contribution in [3.63, 3.8) is 0 Å². The molecule has 45 heavy (non-hydrogen) atoms. The van der Waals surface area contributed by atoms with E-state index in [9.17, 15) is 27.9 Å². The molecule has 13 nitrogen and oxygen atoms in total. The van der Waals surface area contributed by atoms with Crippen molar-refractivity contribution in [2.45, 2.75) is 56.4 Å². The highest BCUT2D eigenvalue weighted by molar-refractivity contribution is 7.89. The number of carboxylic acids is 1. The molecule has 2 fully saturated rings. The highest BCUT2D eigenvalue weighted by Crippen LogP contribution is 2.36. The summed E-state index contributed by atoms with van der Waals surface area (Å²) in [5.41, 5.74) is 5.57. The zero-order valence-electron chi connectivity index (χ0n) is 25.4.